The summed E-state index contributed by atoms with van der Waals surface area (Å²) in [7, 11) is 1.58. The molecule has 0 saturated carbocycles. The van der Waals surface area contributed by atoms with Crippen molar-refractivity contribution in [3.05, 3.63) is 53.6 Å². The summed E-state index contributed by atoms with van der Waals surface area (Å²) < 4.78 is 22.1. The molecule has 3 aliphatic rings. The van der Waals surface area contributed by atoms with Gasteiger partial charge in [0.15, 0.2) is 11.5 Å². The summed E-state index contributed by atoms with van der Waals surface area (Å²) in [5, 5.41) is 0. The van der Waals surface area contributed by atoms with Crippen LogP contribution in [-0.2, 0) is 4.74 Å². The molecule has 0 aliphatic carbocycles. The Morgan fingerprint density at radius 2 is 1.74 bits per heavy atom. The van der Waals surface area contributed by atoms with Gasteiger partial charge in [0.05, 0.1) is 25.4 Å². The third-order valence-electron chi connectivity index (χ3n) is 6.50. The van der Waals surface area contributed by atoms with Gasteiger partial charge in [-0.2, -0.15) is 0 Å². The van der Waals surface area contributed by atoms with Crippen molar-refractivity contribution >= 4 is 11.8 Å². The molecule has 180 valence electrons. The number of nitrogens with zero attached hydrogens (tertiary/aromatic N) is 3. The van der Waals surface area contributed by atoms with Crippen molar-refractivity contribution in [3.8, 4) is 17.2 Å². The highest BCUT2D eigenvalue weighted by Gasteiger charge is 2.30. The second kappa shape index (κ2) is 9.90. The number of fused-ring (bicyclic) bond motifs is 1. The maximum Gasteiger partial charge on any atom is 0.257 e. The van der Waals surface area contributed by atoms with E-state index in [9.17, 15) is 9.59 Å². The molecule has 3 heterocycles. The minimum atomic E-state index is -0.0665. The maximum absolute atomic E-state index is 13.0. The number of morpholine rings is 1. The summed E-state index contributed by atoms with van der Waals surface area (Å²) >= 11 is 0. The Kier molecular flexibility index (Phi) is 6.55. The van der Waals surface area contributed by atoms with E-state index < -0.39 is 0 Å². The van der Waals surface area contributed by atoms with E-state index in [0.29, 0.717) is 61.2 Å². The maximum atomic E-state index is 13.0. The van der Waals surface area contributed by atoms with Gasteiger partial charge in [-0.25, -0.2) is 0 Å². The number of para-hydroxylation sites is 1. The van der Waals surface area contributed by atoms with Crippen LogP contribution in [0.4, 0.5) is 0 Å². The zero-order valence-corrected chi connectivity index (χ0v) is 19.3. The van der Waals surface area contributed by atoms with Gasteiger partial charge in [-0.15, -0.1) is 0 Å². The Bertz CT molecular complexity index is 1050. The fourth-order valence-corrected chi connectivity index (χ4v) is 4.64. The SMILES string of the molecule is COc1ccccc1C(=O)N1CCN(CC2CN(C(=O)c3ccc4c(c3)OCO4)CCO2)CC1. The number of rotatable bonds is 5. The second-order valence-corrected chi connectivity index (χ2v) is 8.61. The summed E-state index contributed by atoms with van der Waals surface area (Å²) in [5.74, 6) is 1.83. The Hall–Kier alpha value is -3.30. The van der Waals surface area contributed by atoms with Crippen molar-refractivity contribution in [2.45, 2.75) is 6.10 Å². The second-order valence-electron chi connectivity index (χ2n) is 8.61. The number of hydrogen-bond acceptors (Lipinski definition) is 7. The summed E-state index contributed by atoms with van der Waals surface area (Å²) in [6.07, 6.45) is -0.0665. The van der Waals surface area contributed by atoms with Crippen molar-refractivity contribution in [3.63, 3.8) is 0 Å². The lowest BCUT2D eigenvalue weighted by atomic mass is 10.1. The molecule has 2 saturated heterocycles. The molecule has 2 aromatic carbocycles. The highest BCUT2D eigenvalue weighted by Crippen LogP contribution is 2.33. The zero-order chi connectivity index (χ0) is 23.5. The van der Waals surface area contributed by atoms with Gasteiger partial charge in [0.1, 0.15) is 5.75 Å². The summed E-state index contributed by atoms with van der Waals surface area (Å²) in [5.41, 5.74) is 1.18. The van der Waals surface area contributed by atoms with Crippen molar-refractivity contribution < 1.29 is 28.5 Å². The molecule has 0 aromatic heterocycles. The molecule has 2 aromatic rings. The quantitative estimate of drug-likeness (QED) is 0.663. The van der Waals surface area contributed by atoms with Crippen LogP contribution in [0.15, 0.2) is 42.5 Å². The summed E-state index contributed by atoms with van der Waals surface area (Å²) in [6, 6.07) is 12.6. The molecule has 0 bridgehead atoms. The Balaban J connectivity index is 1.14. The number of ether oxygens (including phenoxy) is 4. The number of carbonyl (C=O) groups is 2. The molecule has 3 aliphatic heterocycles. The average molecular weight is 468 g/mol. The molecule has 2 amide bonds. The third-order valence-corrected chi connectivity index (χ3v) is 6.50. The lowest BCUT2D eigenvalue weighted by molar-refractivity contribution is -0.0400. The first-order valence-electron chi connectivity index (χ1n) is 11.6. The first-order valence-corrected chi connectivity index (χ1v) is 11.6. The van der Waals surface area contributed by atoms with Crippen LogP contribution in [0.2, 0.25) is 0 Å². The molecular weight excluding hydrogens is 438 g/mol. The smallest absolute Gasteiger partial charge is 0.257 e. The summed E-state index contributed by atoms with van der Waals surface area (Å²) in [4.78, 5) is 32.0. The molecule has 0 spiro atoms. The van der Waals surface area contributed by atoms with Crippen LogP contribution in [0.25, 0.3) is 0 Å². The van der Waals surface area contributed by atoms with Gasteiger partial charge < -0.3 is 28.7 Å². The van der Waals surface area contributed by atoms with Gasteiger partial charge in [-0.3, -0.25) is 14.5 Å². The molecule has 9 heteroatoms. The van der Waals surface area contributed by atoms with Crippen LogP contribution in [0.1, 0.15) is 20.7 Å². The van der Waals surface area contributed by atoms with Crippen molar-refractivity contribution in [1.82, 2.24) is 14.7 Å². The van der Waals surface area contributed by atoms with Gasteiger partial charge >= 0.3 is 0 Å². The van der Waals surface area contributed by atoms with Crippen molar-refractivity contribution in [1.29, 1.82) is 0 Å². The van der Waals surface area contributed by atoms with Crippen LogP contribution < -0.4 is 14.2 Å². The van der Waals surface area contributed by atoms with Gasteiger partial charge in [-0.1, -0.05) is 12.1 Å². The lowest BCUT2D eigenvalue weighted by Crippen LogP contribution is -2.54. The highest BCUT2D eigenvalue weighted by atomic mass is 16.7. The highest BCUT2D eigenvalue weighted by molar-refractivity contribution is 5.97. The van der Waals surface area contributed by atoms with Crippen LogP contribution in [0.3, 0.4) is 0 Å². The average Bonchev–Trinajstić information content (AvgIpc) is 3.36. The van der Waals surface area contributed by atoms with E-state index in [-0.39, 0.29) is 24.7 Å². The van der Waals surface area contributed by atoms with Crippen LogP contribution >= 0.6 is 0 Å². The van der Waals surface area contributed by atoms with Gasteiger partial charge in [-0.05, 0) is 30.3 Å². The van der Waals surface area contributed by atoms with Crippen LogP contribution in [-0.4, -0.2) is 98.9 Å². The van der Waals surface area contributed by atoms with Gasteiger partial charge in [0, 0.05) is 51.4 Å². The number of benzene rings is 2. The number of amides is 2. The van der Waals surface area contributed by atoms with E-state index >= 15 is 0 Å². The lowest BCUT2D eigenvalue weighted by Gasteiger charge is -2.39. The summed E-state index contributed by atoms with van der Waals surface area (Å²) in [6.45, 7) is 5.32. The Morgan fingerprint density at radius 1 is 0.941 bits per heavy atom. The van der Waals surface area contributed by atoms with Crippen molar-refractivity contribution in [2.24, 2.45) is 0 Å². The molecule has 5 rings (SSSR count). The van der Waals surface area contributed by atoms with E-state index in [1.807, 2.05) is 21.9 Å². The van der Waals surface area contributed by atoms with Crippen LogP contribution in [0.5, 0.6) is 17.2 Å². The minimum absolute atomic E-state index is 0.00786. The zero-order valence-electron chi connectivity index (χ0n) is 19.3. The predicted octanol–water partition coefficient (Wildman–Crippen LogP) is 1.72. The first kappa shape index (κ1) is 22.5. The Labute approximate surface area is 198 Å². The molecule has 0 N–H and O–H groups in total. The molecule has 0 radical (unpaired) electrons. The molecule has 9 nitrogen and oxygen atoms in total. The van der Waals surface area contributed by atoms with E-state index in [1.54, 1.807) is 37.4 Å². The number of methoxy groups -OCH3 is 1. The van der Waals surface area contributed by atoms with Crippen LogP contribution in [0, 0.1) is 0 Å². The monoisotopic (exact) mass is 467 g/mol. The molecular formula is C25H29N3O6. The molecule has 34 heavy (non-hydrogen) atoms. The fraction of sp³-hybridized carbons (Fsp3) is 0.440. The van der Waals surface area contributed by atoms with Gasteiger partial charge in [0.2, 0.25) is 6.79 Å². The molecule has 1 atom stereocenters. The largest absolute Gasteiger partial charge is 0.496 e. The van der Waals surface area contributed by atoms with E-state index in [1.165, 1.54) is 0 Å². The predicted molar refractivity (Wildman–Crippen MR) is 124 cm³/mol. The number of piperazine rings is 1. The fourth-order valence-electron chi connectivity index (χ4n) is 4.64. The van der Waals surface area contributed by atoms with E-state index in [0.717, 1.165) is 19.6 Å². The number of carbonyl (C=O) groups excluding carboxylic acids is 2. The Morgan fingerprint density at radius 3 is 2.56 bits per heavy atom. The minimum Gasteiger partial charge on any atom is -0.496 e. The van der Waals surface area contributed by atoms with E-state index in [2.05, 4.69) is 4.90 Å². The third kappa shape index (κ3) is 4.67. The standard InChI is InChI=1S/C25H29N3O6/c1-31-21-5-3-2-4-20(21)25(30)27-10-8-26(9-11-27)15-19-16-28(12-13-32-19)24(29)18-6-7-22-23(14-18)34-17-33-22/h2-7,14,19H,8-13,15-17H2,1H3. The topological polar surface area (TPSA) is 80.8 Å². The van der Waals surface area contributed by atoms with Gasteiger partial charge in [0.25, 0.3) is 11.8 Å². The normalized spacial score (nSPS) is 20.3. The molecule has 2 fully saturated rings. The molecule has 1 unspecified atom stereocenters. The van der Waals surface area contributed by atoms with E-state index in [4.69, 9.17) is 18.9 Å². The number of hydrogen-bond donors (Lipinski definition) is 0. The van der Waals surface area contributed by atoms with Crippen molar-refractivity contribution in [2.75, 3.05) is 66.3 Å². The first-order chi connectivity index (χ1) is 16.6.